The molecule has 2 aliphatic rings. The Morgan fingerprint density at radius 3 is 2.68 bits per heavy atom. The monoisotopic (exact) mass is 566 g/mol. The first-order chi connectivity index (χ1) is 19.8. The highest BCUT2D eigenvalue weighted by Crippen LogP contribution is 2.49. The zero-order valence-corrected chi connectivity index (χ0v) is 24.0. The predicted octanol–water partition coefficient (Wildman–Crippen LogP) is 8.03. The van der Waals surface area contributed by atoms with Gasteiger partial charge in [0.25, 0.3) is 0 Å². The van der Waals surface area contributed by atoms with Gasteiger partial charge >= 0.3 is 6.18 Å². The van der Waals surface area contributed by atoms with Crippen molar-refractivity contribution in [2.45, 2.75) is 89.5 Å². The van der Waals surface area contributed by atoms with Crippen molar-refractivity contribution in [1.82, 2.24) is 5.32 Å². The number of hydrogen-bond donors (Lipinski definition) is 1. The third-order valence-corrected chi connectivity index (χ3v) is 8.43. The van der Waals surface area contributed by atoms with Crippen LogP contribution in [-0.4, -0.2) is 31.2 Å². The first kappa shape index (κ1) is 30.8. The van der Waals surface area contributed by atoms with Gasteiger partial charge in [0.1, 0.15) is 0 Å². The molecule has 0 saturated carbocycles. The van der Waals surface area contributed by atoms with E-state index in [2.05, 4.69) is 41.3 Å². The van der Waals surface area contributed by atoms with Gasteiger partial charge in [-0.05, 0) is 85.1 Å². The molecule has 1 N–H and O–H groups in total. The smallest absolute Gasteiger partial charge is 0.368 e. The number of halogens is 3. The van der Waals surface area contributed by atoms with Gasteiger partial charge in [0.2, 0.25) is 0 Å². The van der Waals surface area contributed by atoms with Gasteiger partial charge in [-0.15, -0.1) is 0 Å². The molecule has 2 aromatic rings. The first-order valence-corrected chi connectivity index (χ1v) is 14.9. The summed E-state index contributed by atoms with van der Waals surface area (Å²) in [5.41, 5.74) is 2.18. The molecule has 1 aliphatic heterocycles. The molecular weight excluding hydrogens is 525 g/mol. The zero-order valence-electron chi connectivity index (χ0n) is 24.0. The van der Waals surface area contributed by atoms with Crippen LogP contribution < -0.4 is 5.32 Å². The Hall–Kier alpha value is -3.18. The van der Waals surface area contributed by atoms with Gasteiger partial charge in [0.05, 0.1) is 30.5 Å². The van der Waals surface area contributed by atoms with Gasteiger partial charge < -0.3 is 4.74 Å². The van der Waals surface area contributed by atoms with Crippen molar-refractivity contribution in [3.63, 3.8) is 0 Å². The van der Waals surface area contributed by atoms with Crippen molar-refractivity contribution in [2.24, 2.45) is 21.8 Å². The highest BCUT2D eigenvalue weighted by molar-refractivity contribution is 6.29. The van der Waals surface area contributed by atoms with Crippen molar-refractivity contribution in [2.75, 3.05) is 13.1 Å². The highest BCUT2D eigenvalue weighted by Gasteiger charge is 2.41. The highest BCUT2D eigenvalue weighted by atomic mass is 19.4. The summed E-state index contributed by atoms with van der Waals surface area (Å²) in [5, 5.41) is 11.7. The predicted molar refractivity (Wildman–Crippen MR) is 157 cm³/mol. The second-order valence-electron chi connectivity index (χ2n) is 11.4. The van der Waals surface area contributed by atoms with Crippen LogP contribution in [0.4, 0.5) is 13.2 Å². The number of benzene rings is 2. The molecule has 0 aromatic heterocycles. The Morgan fingerprint density at radius 1 is 1.15 bits per heavy atom. The van der Waals surface area contributed by atoms with E-state index in [9.17, 15) is 13.2 Å². The molecule has 8 heteroatoms. The van der Waals surface area contributed by atoms with Crippen LogP contribution in [0, 0.1) is 23.3 Å². The molecule has 0 bridgehead atoms. The van der Waals surface area contributed by atoms with E-state index >= 15 is 0 Å². The van der Waals surface area contributed by atoms with Gasteiger partial charge in [0.15, 0.2) is 12.0 Å². The maximum absolute atomic E-state index is 13.8. The van der Waals surface area contributed by atoms with Crippen molar-refractivity contribution in [3.8, 4) is 6.19 Å². The maximum Gasteiger partial charge on any atom is 0.416 e. The minimum Gasteiger partial charge on any atom is -0.368 e. The number of fused-ring (bicyclic) bond motifs is 3. The van der Waals surface area contributed by atoms with E-state index in [1.807, 2.05) is 24.4 Å². The number of aryl methyl sites for hydroxylation is 1. The lowest BCUT2D eigenvalue weighted by atomic mass is 9.71. The molecular formula is C33H41F3N4O. The third kappa shape index (κ3) is 8.42. The molecule has 1 saturated heterocycles. The fourth-order valence-electron chi connectivity index (χ4n) is 6.33. The number of nitrogens with one attached hydrogen (secondary N) is 1. The van der Waals surface area contributed by atoms with Gasteiger partial charge in [-0.1, -0.05) is 63.1 Å². The molecule has 220 valence electrons. The number of nitrogens with zero attached hydrogens (tertiary/aromatic N) is 3. The number of nitriles is 1. The topological polar surface area (TPSA) is 69.8 Å². The van der Waals surface area contributed by atoms with Crippen LogP contribution in [-0.2, 0) is 17.3 Å². The molecule has 1 heterocycles. The van der Waals surface area contributed by atoms with Crippen molar-refractivity contribution in [1.29, 1.82) is 5.26 Å². The second-order valence-corrected chi connectivity index (χ2v) is 11.4. The van der Waals surface area contributed by atoms with Crippen molar-refractivity contribution < 1.29 is 17.9 Å². The Morgan fingerprint density at radius 2 is 1.95 bits per heavy atom. The standard InChI is InChI=1S/C33H41F3N4O/c1-3-8-23(2)17-18-39-31(40-22-37)21-38-20-27-15-16-29-28(24-9-5-4-6-10-24)12-7-11-25-13-14-26(33(34,35)36)19-30(25)32(29)41-27/h4-6,9-10,13-14,19,21,23,27-29,32H,3,7-8,11-12,15-18,20H2,1-2H3,(H,39,40)/t23?,27-,28+,29+,32+/m1/s1. The fourth-order valence-corrected chi connectivity index (χ4v) is 6.33. The number of hydrogen-bond acceptors (Lipinski definition) is 4. The Balaban J connectivity index is 1.55. The lowest BCUT2D eigenvalue weighted by Gasteiger charge is -2.43. The van der Waals surface area contributed by atoms with E-state index in [-0.39, 0.29) is 17.9 Å². The van der Waals surface area contributed by atoms with Gasteiger partial charge in [-0.25, -0.2) is 0 Å². The molecule has 5 nitrogen and oxygen atoms in total. The molecule has 4 rings (SSSR count). The number of ether oxygens (including phenoxy) is 1. The Kier molecular flexibility index (Phi) is 11.0. The molecule has 0 radical (unpaired) electrons. The van der Waals surface area contributed by atoms with E-state index in [0.717, 1.165) is 56.9 Å². The van der Waals surface area contributed by atoms with Gasteiger partial charge in [-0.3, -0.25) is 15.3 Å². The average Bonchev–Trinajstić information content (AvgIpc) is 2.94. The maximum atomic E-state index is 13.8. The van der Waals surface area contributed by atoms with Crippen LogP contribution in [0.15, 0.2) is 58.5 Å². The summed E-state index contributed by atoms with van der Waals surface area (Å²) in [5.74, 6) is 1.27. The molecule has 2 aromatic carbocycles. The SMILES string of the molecule is CCCC(C)CCN=C(C=NC[C@H]1CC[C@@H]2[C@H](O1)c1cc(C(F)(F)F)ccc1CCC[C@H]2c1ccccc1)NC#N. The van der Waals surface area contributed by atoms with E-state index in [0.29, 0.717) is 30.4 Å². The van der Waals surface area contributed by atoms with Gasteiger partial charge in [0, 0.05) is 6.54 Å². The number of alkyl halides is 3. The van der Waals surface area contributed by atoms with Crippen LogP contribution in [0.2, 0.25) is 0 Å². The van der Waals surface area contributed by atoms with Crippen molar-refractivity contribution >= 4 is 12.1 Å². The molecule has 5 atom stereocenters. The number of rotatable bonds is 9. The molecule has 0 amide bonds. The fraction of sp³-hybridized carbons (Fsp3) is 0.545. The summed E-state index contributed by atoms with van der Waals surface area (Å²) in [6.45, 7) is 5.33. The summed E-state index contributed by atoms with van der Waals surface area (Å²) >= 11 is 0. The second kappa shape index (κ2) is 14.6. The van der Waals surface area contributed by atoms with E-state index in [4.69, 9.17) is 10.00 Å². The van der Waals surface area contributed by atoms with E-state index < -0.39 is 17.8 Å². The molecule has 1 unspecified atom stereocenters. The lowest BCUT2D eigenvalue weighted by Crippen LogP contribution is -2.36. The molecule has 1 fully saturated rings. The summed E-state index contributed by atoms with van der Waals surface area (Å²) in [6.07, 6.45) is 5.83. The summed E-state index contributed by atoms with van der Waals surface area (Å²) < 4.78 is 47.9. The Bertz CT molecular complexity index is 1220. The molecule has 1 aliphatic carbocycles. The van der Waals surface area contributed by atoms with Crippen LogP contribution in [0.25, 0.3) is 0 Å². The largest absolute Gasteiger partial charge is 0.416 e. The van der Waals surface area contributed by atoms with Crippen molar-refractivity contribution in [3.05, 3.63) is 70.8 Å². The number of amidine groups is 1. The average molecular weight is 567 g/mol. The summed E-state index contributed by atoms with van der Waals surface area (Å²) in [7, 11) is 0. The van der Waals surface area contributed by atoms with Crippen LogP contribution >= 0.6 is 0 Å². The minimum atomic E-state index is -4.41. The quantitative estimate of drug-likeness (QED) is 0.145. The zero-order chi connectivity index (χ0) is 29.2. The Labute approximate surface area is 241 Å². The summed E-state index contributed by atoms with van der Waals surface area (Å²) in [6, 6.07) is 14.4. The summed E-state index contributed by atoms with van der Waals surface area (Å²) in [4.78, 5) is 9.04. The lowest BCUT2D eigenvalue weighted by molar-refractivity contribution is -0.138. The van der Waals surface area contributed by atoms with E-state index in [1.165, 1.54) is 17.7 Å². The molecule has 0 spiro atoms. The minimum absolute atomic E-state index is 0.0719. The first-order valence-electron chi connectivity index (χ1n) is 14.9. The third-order valence-electron chi connectivity index (χ3n) is 8.43. The van der Waals surface area contributed by atoms with Gasteiger partial charge in [-0.2, -0.15) is 18.4 Å². The van der Waals surface area contributed by atoms with E-state index in [1.54, 1.807) is 12.3 Å². The molecule has 41 heavy (non-hydrogen) atoms. The number of aliphatic imine (C=N–C) groups is 2. The normalized spacial score (nSPS) is 24.0. The van der Waals surface area contributed by atoms with Crippen LogP contribution in [0.3, 0.4) is 0 Å². The van der Waals surface area contributed by atoms with Crippen LogP contribution in [0.5, 0.6) is 0 Å². The van der Waals surface area contributed by atoms with Crippen LogP contribution in [0.1, 0.15) is 93.1 Å².